The number of carbonyl (C=O) groups excluding carboxylic acids is 4. The largest absolute Gasteiger partial charge is 0.466 e. The van der Waals surface area contributed by atoms with Crippen LogP contribution >= 0.6 is 11.3 Å². The SMILES string of the molecule is CCOC(=O)CCCCC(=O)N[C@H](C(=O)N1C[C@H](O)C[C@H]1C(=O)NCc1ccc(-c2scnc2C)cc1)C(C)(C)C. The van der Waals surface area contributed by atoms with Crippen molar-refractivity contribution in [3.05, 3.63) is 41.0 Å². The topological polar surface area (TPSA) is 138 Å². The van der Waals surface area contributed by atoms with E-state index in [1.807, 2.05) is 57.5 Å². The van der Waals surface area contributed by atoms with Crippen molar-refractivity contribution in [2.45, 2.75) is 91.5 Å². The second kappa shape index (κ2) is 14.5. The van der Waals surface area contributed by atoms with E-state index in [1.54, 1.807) is 18.3 Å². The maximum Gasteiger partial charge on any atom is 0.305 e. The van der Waals surface area contributed by atoms with Crippen LogP contribution in [-0.2, 0) is 30.5 Å². The number of thiazole rings is 1. The van der Waals surface area contributed by atoms with Gasteiger partial charge in [-0.05, 0) is 43.2 Å². The number of nitrogens with one attached hydrogen (secondary N) is 2. The van der Waals surface area contributed by atoms with Gasteiger partial charge in [-0.1, -0.05) is 45.0 Å². The number of aryl methyl sites for hydroxylation is 1. The van der Waals surface area contributed by atoms with Crippen molar-refractivity contribution in [3.63, 3.8) is 0 Å². The van der Waals surface area contributed by atoms with Crippen molar-refractivity contribution < 1.29 is 29.0 Å². The van der Waals surface area contributed by atoms with Crippen molar-refractivity contribution in [2.24, 2.45) is 5.41 Å². The summed E-state index contributed by atoms with van der Waals surface area (Å²) in [7, 11) is 0. The number of hydrogen-bond acceptors (Lipinski definition) is 8. The number of nitrogens with zero attached hydrogens (tertiary/aromatic N) is 2. The van der Waals surface area contributed by atoms with E-state index in [0.717, 1.165) is 21.7 Å². The molecule has 0 spiro atoms. The summed E-state index contributed by atoms with van der Waals surface area (Å²) < 4.78 is 4.90. The van der Waals surface area contributed by atoms with E-state index in [2.05, 4.69) is 15.6 Å². The molecule has 3 amide bonds. The zero-order valence-electron chi connectivity index (χ0n) is 24.6. The van der Waals surface area contributed by atoms with E-state index in [4.69, 9.17) is 4.74 Å². The van der Waals surface area contributed by atoms with E-state index in [0.29, 0.717) is 19.4 Å². The highest BCUT2D eigenvalue weighted by molar-refractivity contribution is 7.13. The van der Waals surface area contributed by atoms with Crippen LogP contribution in [0.3, 0.4) is 0 Å². The summed E-state index contributed by atoms with van der Waals surface area (Å²) >= 11 is 1.58. The first-order chi connectivity index (χ1) is 19.4. The number of hydrogen-bond donors (Lipinski definition) is 3. The van der Waals surface area contributed by atoms with Gasteiger partial charge in [0.2, 0.25) is 17.7 Å². The first-order valence-corrected chi connectivity index (χ1v) is 15.0. The molecule has 2 heterocycles. The number of unbranched alkanes of at least 4 members (excludes halogenated alkanes) is 1. The lowest BCUT2D eigenvalue weighted by molar-refractivity contribution is -0.144. The van der Waals surface area contributed by atoms with Gasteiger partial charge in [-0.15, -0.1) is 11.3 Å². The minimum absolute atomic E-state index is 0.0157. The molecule has 0 aliphatic carbocycles. The molecule has 0 radical (unpaired) electrons. The molecule has 3 rings (SSSR count). The van der Waals surface area contributed by atoms with E-state index in [-0.39, 0.29) is 50.1 Å². The Balaban J connectivity index is 1.59. The summed E-state index contributed by atoms with van der Waals surface area (Å²) in [6.07, 6.45) is 0.673. The average Bonchev–Trinajstić information content (AvgIpc) is 3.53. The number of carbonyl (C=O) groups is 4. The Morgan fingerprint density at radius 3 is 2.44 bits per heavy atom. The lowest BCUT2D eigenvalue weighted by atomic mass is 9.85. The second-order valence-corrected chi connectivity index (χ2v) is 12.3. The summed E-state index contributed by atoms with van der Waals surface area (Å²) in [5.74, 6) is -1.36. The normalized spacial score (nSPS) is 17.7. The molecule has 2 aromatic rings. The Kier molecular flexibility index (Phi) is 11.4. The van der Waals surface area contributed by atoms with Crippen molar-refractivity contribution in [1.29, 1.82) is 0 Å². The first-order valence-electron chi connectivity index (χ1n) is 14.1. The number of aliphatic hydroxyl groups excluding tert-OH is 1. The van der Waals surface area contributed by atoms with Crippen molar-refractivity contribution in [1.82, 2.24) is 20.5 Å². The summed E-state index contributed by atoms with van der Waals surface area (Å²) in [6.45, 7) is 9.85. The van der Waals surface area contributed by atoms with Gasteiger partial charge in [0.15, 0.2) is 0 Å². The highest BCUT2D eigenvalue weighted by Crippen LogP contribution is 2.28. The van der Waals surface area contributed by atoms with Crippen molar-refractivity contribution in [2.75, 3.05) is 13.2 Å². The molecule has 1 aromatic heterocycles. The van der Waals surface area contributed by atoms with Crippen LogP contribution in [0.5, 0.6) is 0 Å². The Morgan fingerprint density at radius 1 is 1.15 bits per heavy atom. The summed E-state index contributed by atoms with van der Waals surface area (Å²) in [5.41, 5.74) is 4.11. The van der Waals surface area contributed by atoms with Crippen LogP contribution < -0.4 is 10.6 Å². The fourth-order valence-electron chi connectivity index (χ4n) is 4.80. The van der Waals surface area contributed by atoms with Crippen LogP contribution in [0, 0.1) is 12.3 Å². The lowest BCUT2D eigenvalue weighted by Gasteiger charge is -2.35. The number of amides is 3. The second-order valence-electron chi connectivity index (χ2n) is 11.5. The molecule has 0 bridgehead atoms. The number of likely N-dealkylation sites (tertiary alicyclic amines) is 1. The predicted octanol–water partition coefficient (Wildman–Crippen LogP) is 3.35. The maximum atomic E-state index is 13.7. The average molecular weight is 587 g/mol. The highest BCUT2D eigenvalue weighted by atomic mass is 32.1. The van der Waals surface area contributed by atoms with E-state index < -0.39 is 29.5 Å². The summed E-state index contributed by atoms with van der Waals surface area (Å²) in [5, 5.41) is 16.1. The molecule has 10 nitrogen and oxygen atoms in total. The van der Waals surface area contributed by atoms with E-state index in [1.165, 1.54) is 4.90 Å². The minimum Gasteiger partial charge on any atom is -0.466 e. The minimum atomic E-state index is -0.886. The first kappa shape index (κ1) is 32.2. The molecule has 224 valence electrons. The van der Waals surface area contributed by atoms with Crippen molar-refractivity contribution >= 4 is 35.0 Å². The molecule has 11 heteroatoms. The molecule has 0 saturated carbocycles. The van der Waals surface area contributed by atoms with E-state index >= 15 is 0 Å². The summed E-state index contributed by atoms with van der Waals surface area (Å²) in [6, 6.07) is 6.14. The van der Waals surface area contributed by atoms with Crippen LogP contribution in [-0.4, -0.2) is 70.0 Å². The number of aromatic nitrogens is 1. The van der Waals surface area contributed by atoms with Gasteiger partial charge in [-0.25, -0.2) is 4.98 Å². The number of rotatable bonds is 12. The fourth-order valence-corrected chi connectivity index (χ4v) is 5.61. The summed E-state index contributed by atoms with van der Waals surface area (Å²) in [4.78, 5) is 57.9. The number of ether oxygens (including phenoxy) is 1. The Morgan fingerprint density at radius 2 is 1.83 bits per heavy atom. The molecule has 41 heavy (non-hydrogen) atoms. The van der Waals surface area contributed by atoms with E-state index in [9.17, 15) is 24.3 Å². The third kappa shape index (κ3) is 9.09. The van der Waals surface area contributed by atoms with Gasteiger partial charge in [0.05, 0.1) is 28.8 Å². The van der Waals surface area contributed by atoms with Crippen LogP contribution in [0.15, 0.2) is 29.8 Å². The lowest BCUT2D eigenvalue weighted by Crippen LogP contribution is -2.57. The van der Waals surface area contributed by atoms with Gasteiger partial charge >= 0.3 is 5.97 Å². The quantitative estimate of drug-likeness (QED) is 0.256. The Bertz CT molecular complexity index is 1210. The van der Waals surface area contributed by atoms with Gasteiger partial charge in [0, 0.05) is 32.4 Å². The molecule has 1 aliphatic rings. The molecule has 0 unspecified atom stereocenters. The molecular weight excluding hydrogens is 544 g/mol. The van der Waals surface area contributed by atoms with Gasteiger partial charge in [0.25, 0.3) is 0 Å². The molecule has 1 aliphatic heterocycles. The van der Waals surface area contributed by atoms with Gasteiger partial charge in [-0.2, -0.15) is 0 Å². The van der Waals surface area contributed by atoms with Crippen LogP contribution in [0.25, 0.3) is 10.4 Å². The fraction of sp³-hybridized carbons (Fsp3) is 0.567. The molecule has 3 N–H and O–H groups in total. The van der Waals surface area contributed by atoms with Crippen LogP contribution in [0.2, 0.25) is 0 Å². The third-order valence-electron chi connectivity index (χ3n) is 7.05. The monoisotopic (exact) mass is 586 g/mol. The zero-order chi connectivity index (χ0) is 30.2. The van der Waals surface area contributed by atoms with Gasteiger partial charge < -0.3 is 25.4 Å². The van der Waals surface area contributed by atoms with Crippen LogP contribution in [0.1, 0.15) is 71.1 Å². The van der Waals surface area contributed by atoms with Crippen LogP contribution in [0.4, 0.5) is 0 Å². The highest BCUT2D eigenvalue weighted by Gasteiger charge is 2.44. The number of β-amino-alcohol motifs (C(OH)–C–C–N with tert-alkyl or cyclic N) is 1. The molecule has 1 aromatic carbocycles. The zero-order valence-corrected chi connectivity index (χ0v) is 25.4. The van der Waals surface area contributed by atoms with Gasteiger partial charge in [0.1, 0.15) is 12.1 Å². The smallest absolute Gasteiger partial charge is 0.305 e. The Labute approximate surface area is 245 Å². The number of esters is 1. The molecule has 3 atom stereocenters. The molecular formula is C30H42N4O6S. The standard InChI is InChI=1S/C30H42N4O6S/c1-6-40-25(37)10-8-7-9-24(36)33-27(30(3,4)5)29(39)34-17-22(35)15-23(34)28(38)31-16-20-11-13-21(14-12-20)26-19(2)32-18-41-26/h11-14,18,22-23,27,35H,6-10,15-17H2,1-5H3,(H,31,38)(H,33,36)/t22-,23+,27-/m1/s1. The predicted molar refractivity (Wildman–Crippen MR) is 157 cm³/mol. The molecule has 1 saturated heterocycles. The Hall–Kier alpha value is -3.31. The molecule has 1 fully saturated rings. The third-order valence-corrected chi connectivity index (χ3v) is 8.03. The number of aliphatic hydroxyl groups is 1. The van der Waals surface area contributed by atoms with Crippen molar-refractivity contribution in [3.8, 4) is 10.4 Å². The maximum absolute atomic E-state index is 13.7. The number of benzene rings is 1. The van der Waals surface area contributed by atoms with Gasteiger partial charge in [-0.3, -0.25) is 19.2 Å².